The lowest BCUT2D eigenvalue weighted by atomic mass is 10.0. The van der Waals surface area contributed by atoms with Crippen molar-refractivity contribution in [3.63, 3.8) is 0 Å². The molecule has 0 radical (unpaired) electrons. The Morgan fingerprint density at radius 2 is 1.58 bits per heavy atom. The first-order valence-electron chi connectivity index (χ1n) is 7.99. The first-order valence-corrected chi connectivity index (χ1v) is 7.99. The Bertz CT molecular complexity index is 207. The normalized spacial score (nSPS) is 12.6. The molecule has 0 saturated heterocycles. The lowest BCUT2D eigenvalue weighted by molar-refractivity contribution is -0.120. The summed E-state index contributed by atoms with van der Waals surface area (Å²) >= 11 is 0. The third-order valence-corrected chi connectivity index (χ3v) is 3.55. The van der Waals surface area contributed by atoms with Crippen molar-refractivity contribution in [2.45, 2.75) is 83.6 Å². The average Bonchev–Trinajstić information content (AvgIpc) is 2.41. The molecule has 0 rings (SSSR count). The minimum Gasteiger partial charge on any atom is -0.385 e. The van der Waals surface area contributed by atoms with Gasteiger partial charge in [-0.3, -0.25) is 4.79 Å². The summed E-state index contributed by atoms with van der Waals surface area (Å²) in [6.07, 6.45) is 12.4. The molecule has 2 N–H and O–H groups in total. The van der Waals surface area contributed by atoms with E-state index >= 15 is 0 Å². The van der Waals surface area contributed by atoms with Gasteiger partial charge in [-0.1, -0.05) is 51.9 Å². The van der Waals surface area contributed by atoms with Crippen molar-refractivity contribution in [3.05, 3.63) is 0 Å². The van der Waals surface area contributed by atoms with E-state index < -0.39 is 0 Å². The number of ketones is 1. The van der Waals surface area contributed by atoms with Crippen LogP contribution in [0.15, 0.2) is 0 Å². The number of carbonyl (C=O) groups excluding carboxylic acids is 1. The first-order chi connectivity index (χ1) is 9.22. The zero-order valence-electron chi connectivity index (χ0n) is 13.0. The van der Waals surface area contributed by atoms with Crippen LogP contribution in [0.4, 0.5) is 0 Å². The number of hydrogen-bond donors (Lipinski definition) is 1. The van der Waals surface area contributed by atoms with Gasteiger partial charge in [0.15, 0.2) is 0 Å². The molecule has 1 unspecified atom stereocenters. The number of carbonyl (C=O) groups is 1. The summed E-state index contributed by atoms with van der Waals surface area (Å²) in [5, 5.41) is 0. The number of ether oxygens (including phenoxy) is 1. The van der Waals surface area contributed by atoms with Gasteiger partial charge in [0, 0.05) is 20.1 Å². The quantitative estimate of drug-likeness (QED) is 0.488. The van der Waals surface area contributed by atoms with Crippen LogP contribution >= 0.6 is 0 Å². The fourth-order valence-electron chi connectivity index (χ4n) is 2.23. The second-order valence-electron chi connectivity index (χ2n) is 5.43. The van der Waals surface area contributed by atoms with Gasteiger partial charge >= 0.3 is 0 Å². The topological polar surface area (TPSA) is 52.3 Å². The number of Topliss-reactive ketones (excluding diaryl/α,β-unsaturated/α-hetero) is 1. The molecule has 0 spiro atoms. The molecule has 0 aromatic carbocycles. The molecule has 0 aliphatic rings. The molecular weight excluding hydrogens is 238 g/mol. The molecule has 0 aromatic rings. The Labute approximate surface area is 119 Å². The number of nitrogens with two attached hydrogens (primary N) is 1. The average molecular weight is 271 g/mol. The maximum atomic E-state index is 11.7. The van der Waals surface area contributed by atoms with E-state index in [-0.39, 0.29) is 11.8 Å². The van der Waals surface area contributed by atoms with E-state index in [0.29, 0.717) is 13.0 Å². The van der Waals surface area contributed by atoms with Crippen molar-refractivity contribution in [1.82, 2.24) is 0 Å². The van der Waals surface area contributed by atoms with E-state index in [1.165, 1.54) is 44.9 Å². The Kier molecular flexibility index (Phi) is 13.7. The highest BCUT2D eigenvalue weighted by atomic mass is 16.5. The van der Waals surface area contributed by atoms with E-state index in [2.05, 4.69) is 6.92 Å². The molecule has 0 saturated carbocycles. The highest BCUT2D eigenvalue weighted by Crippen LogP contribution is 2.10. The highest BCUT2D eigenvalue weighted by Gasteiger charge is 2.12. The van der Waals surface area contributed by atoms with Gasteiger partial charge in [-0.05, 0) is 19.3 Å². The standard InChI is InChI=1S/C16H33NO2/c1-3-4-5-6-7-8-9-10-13-16(18)15(17)12-11-14-19-2/h15H,3-14,17H2,1-2H3. The molecule has 0 aliphatic heterocycles. The first kappa shape index (κ1) is 18.6. The Balaban J connectivity index is 3.32. The number of hydrogen-bond acceptors (Lipinski definition) is 3. The van der Waals surface area contributed by atoms with Crippen LogP contribution in [0.1, 0.15) is 77.6 Å². The van der Waals surface area contributed by atoms with Gasteiger partial charge < -0.3 is 10.5 Å². The van der Waals surface area contributed by atoms with Gasteiger partial charge in [0.05, 0.1) is 6.04 Å². The van der Waals surface area contributed by atoms with Crippen LogP contribution < -0.4 is 5.73 Å². The predicted octanol–water partition coefficient (Wildman–Crippen LogP) is 3.84. The summed E-state index contributed by atoms with van der Waals surface area (Å²) in [7, 11) is 1.67. The monoisotopic (exact) mass is 271 g/mol. The zero-order valence-corrected chi connectivity index (χ0v) is 13.0. The van der Waals surface area contributed by atoms with Crippen molar-refractivity contribution in [2.75, 3.05) is 13.7 Å². The molecule has 0 fully saturated rings. The maximum absolute atomic E-state index is 11.7. The minimum absolute atomic E-state index is 0.224. The lowest BCUT2D eigenvalue weighted by Crippen LogP contribution is -2.30. The highest BCUT2D eigenvalue weighted by molar-refractivity contribution is 5.83. The van der Waals surface area contributed by atoms with E-state index in [9.17, 15) is 4.79 Å². The van der Waals surface area contributed by atoms with Crippen LogP contribution in [0.2, 0.25) is 0 Å². The Morgan fingerprint density at radius 1 is 1.00 bits per heavy atom. The number of unbranched alkanes of at least 4 members (excludes halogenated alkanes) is 7. The van der Waals surface area contributed by atoms with E-state index in [0.717, 1.165) is 19.3 Å². The molecule has 0 aliphatic carbocycles. The van der Waals surface area contributed by atoms with E-state index in [1.54, 1.807) is 7.11 Å². The summed E-state index contributed by atoms with van der Waals surface area (Å²) < 4.78 is 4.96. The van der Waals surface area contributed by atoms with Gasteiger partial charge in [-0.2, -0.15) is 0 Å². The summed E-state index contributed by atoms with van der Waals surface area (Å²) in [6.45, 7) is 2.93. The number of rotatable bonds is 14. The molecule has 1 atom stereocenters. The third-order valence-electron chi connectivity index (χ3n) is 3.55. The minimum atomic E-state index is -0.278. The molecule has 3 nitrogen and oxygen atoms in total. The molecular formula is C16H33NO2. The molecule has 0 amide bonds. The Morgan fingerprint density at radius 3 is 2.16 bits per heavy atom. The second-order valence-corrected chi connectivity index (χ2v) is 5.43. The molecule has 19 heavy (non-hydrogen) atoms. The summed E-state index contributed by atoms with van der Waals surface area (Å²) in [5.41, 5.74) is 5.85. The van der Waals surface area contributed by atoms with Crippen LogP contribution in [-0.2, 0) is 9.53 Å². The lowest BCUT2D eigenvalue weighted by Gasteiger charge is -2.10. The van der Waals surface area contributed by atoms with Crippen LogP contribution in [0, 0.1) is 0 Å². The van der Waals surface area contributed by atoms with Gasteiger partial charge in [0.25, 0.3) is 0 Å². The molecule has 0 aromatic heterocycles. The van der Waals surface area contributed by atoms with Crippen LogP contribution in [0.5, 0.6) is 0 Å². The van der Waals surface area contributed by atoms with Gasteiger partial charge in [0.1, 0.15) is 5.78 Å². The molecule has 0 bridgehead atoms. The molecule has 3 heteroatoms. The van der Waals surface area contributed by atoms with Crippen molar-refractivity contribution in [1.29, 1.82) is 0 Å². The molecule has 0 heterocycles. The van der Waals surface area contributed by atoms with E-state index in [4.69, 9.17) is 10.5 Å². The predicted molar refractivity (Wildman–Crippen MR) is 81.3 cm³/mol. The van der Waals surface area contributed by atoms with Gasteiger partial charge in [-0.25, -0.2) is 0 Å². The van der Waals surface area contributed by atoms with Crippen LogP contribution in [-0.4, -0.2) is 25.5 Å². The zero-order chi connectivity index (χ0) is 14.3. The van der Waals surface area contributed by atoms with Crippen molar-refractivity contribution in [2.24, 2.45) is 5.73 Å². The maximum Gasteiger partial charge on any atom is 0.149 e. The molecule has 114 valence electrons. The SMILES string of the molecule is CCCCCCCCCCC(=O)C(N)CCCOC. The summed E-state index contributed by atoms with van der Waals surface area (Å²) in [5.74, 6) is 0.224. The fraction of sp³-hybridized carbons (Fsp3) is 0.938. The van der Waals surface area contributed by atoms with Crippen LogP contribution in [0.3, 0.4) is 0 Å². The van der Waals surface area contributed by atoms with E-state index in [1.807, 2.05) is 0 Å². The number of methoxy groups -OCH3 is 1. The van der Waals surface area contributed by atoms with Crippen LogP contribution in [0.25, 0.3) is 0 Å². The van der Waals surface area contributed by atoms with Crippen molar-refractivity contribution in [3.8, 4) is 0 Å². The summed E-state index contributed by atoms with van der Waals surface area (Å²) in [6, 6.07) is -0.278. The smallest absolute Gasteiger partial charge is 0.149 e. The van der Waals surface area contributed by atoms with Crippen molar-refractivity contribution >= 4 is 5.78 Å². The Hall–Kier alpha value is -0.410. The largest absolute Gasteiger partial charge is 0.385 e. The third kappa shape index (κ3) is 12.4. The fourth-order valence-corrected chi connectivity index (χ4v) is 2.23. The van der Waals surface area contributed by atoms with Crippen molar-refractivity contribution < 1.29 is 9.53 Å². The summed E-state index contributed by atoms with van der Waals surface area (Å²) in [4.78, 5) is 11.7. The van der Waals surface area contributed by atoms with Gasteiger partial charge in [-0.15, -0.1) is 0 Å². The van der Waals surface area contributed by atoms with Gasteiger partial charge in [0.2, 0.25) is 0 Å². The second kappa shape index (κ2) is 14.0.